The molecule has 0 saturated heterocycles. The van der Waals surface area contributed by atoms with E-state index in [9.17, 15) is 106 Å². The number of carboxylic acid groups (broad SMARTS) is 1. The van der Waals surface area contributed by atoms with Gasteiger partial charge < -0.3 is 5.11 Å². The van der Waals surface area contributed by atoms with Crippen molar-refractivity contribution in [3.05, 3.63) is 0 Å². The molecule has 0 amide bonds. The van der Waals surface area contributed by atoms with Crippen LogP contribution in [0.2, 0.25) is 0 Å². The number of carboxylic acids is 1. The lowest BCUT2D eigenvalue weighted by atomic mass is 9.82. The molecule has 2 nitrogen and oxygen atoms in total. The number of halogens is 23. The molecule has 0 aliphatic carbocycles. The highest BCUT2D eigenvalue weighted by atomic mass is 19.4. The van der Waals surface area contributed by atoms with Crippen molar-refractivity contribution in [2.45, 2.75) is 65.4 Å². The fraction of sp³-hybridized carbons (Fsp3) is 0.917. The molecule has 0 bridgehead atoms. The lowest BCUT2D eigenvalue weighted by molar-refractivity contribution is -0.480. The van der Waals surface area contributed by atoms with E-state index in [1.807, 2.05) is 0 Å². The first-order valence-corrected chi connectivity index (χ1v) is 7.52. The summed E-state index contributed by atoms with van der Waals surface area (Å²) < 4.78 is 298. The van der Waals surface area contributed by atoms with Crippen LogP contribution in [-0.2, 0) is 4.79 Å². The quantitative estimate of drug-likeness (QED) is 0.285. The predicted octanol–water partition coefficient (Wildman–Crippen LogP) is 6.99. The second kappa shape index (κ2) is 8.18. The van der Waals surface area contributed by atoms with Gasteiger partial charge in [-0.2, -0.15) is 96.6 Å². The average molecular weight is 614 g/mol. The third kappa shape index (κ3) is 3.90. The maximum Gasteiger partial charge on any atom is 0.438 e. The second-order valence-electron chi connectivity index (χ2n) is 6.55. The largest absolute Gasteiger partial charge is 0.477 e. The summed E-state index contributed by atoms with van der Waals surface area (Å²) in [5.41, 5.74) is -9.08. The van der Waals surface area contributed by atoms with Gasteiger partial charge in [0.1, 0.15) is 0 Å². The van der Waals surface area contributed by atoms with Gasteiger partial charge in [0, 0.05) is 0 Å². The maximum absolute atomic E-state index is 13.4. The van der Waals surface area contributed by atoms with Gasteiger partial charge in [-0.25, -0.2) is 9.18 Å². The number of rotatable bonds is 9. The Labute approximate surface area is 184 Å². The highest BCUT2D eigenvalue weighted by Crippen LogP contribution is 2.67. The van der Waals surface area contributed by atoms with Crippen LogP contribution in [0.3, 0.4) is 0 Å². The minimum atomic E-state index is -9.57. The number of alkyl halides is 23. The van der Waals surface area contributed by atoms with Gasteiger partial charge in [0.15, 0.2) is 0 Å². The van der Waals surface area contributed by atoms with E-state index in [0.29, 0.717) is 0 Å². The molecular formula is C12HF23O2. The van der Waals surface area contributed by atoms with E-state index in [4.69, 9.17) is 5.11 Å². The van der Waals surface area contributed by atoms with Gasteiger partial charge >= 0.3 is 71.4 Å². The van der Waals surface area contributed by atoms with Gasteiger partial charge in [-0.3, -0.25) is 0 Å². The minimum absolute atomic E-state index is 4.63. The van der Waals surface area contributed by atoms with E-state index >= 15 is 0 Å². The first kappa shape index (κ1) is 34.9. The van der Waals surface area contributed by atoms with E-state index < -0.39 is 71.4 Å². The van der Waals surface area contributed by atoms with Crippen LogP contribution in [0.5, 0.6) is 0 Å². The molecule has 0 unspecified atom stereocenters. The number of carbonyl (C=O) groups is 1. The lowest BCUT2D eigenvalue weighted by Crippen LogP contribution is -2.79. The summed E-state index contributed by atoms with van der Waals surface area (Å²) >= 11 is 0. The molecule has 0 aromatic carbocycles. The first-order chi connectivity index (χ1) is 15.4. The topological polar surface area (TPSA) is 37.3 Å². The van der Waals surface area contributed by atoms with Crippen molar-refractivity contribution in [1.82, 2.24) is 0 Å². The molecule has 25 heteroatoms. The molecule has 0 radical (unpaired) electrons. The van der Waals surface area contributed by atoms with Crippen LogP contribution in [0.4, 0.5) is 101 Å². The molecular weight excluding hydrogens is 613 g/mol. The Morgan fingerprint density at radius 2 is 0.541 bits per heavy atom. The zero-order valence-electron chi connectivity index (χ0n) is 15.5. The van der Waals surface area contributed by atoms with Gasteiger partial charge in [0.2, 0.25) is 0 Å². The first-order valence-electron chi connectivity index (χ1n) is 7.52. The van der Waals surface area contributed by atoms with E-state index in [1.54, 1.807) is 0 Å². The van der Waals surface area contributed by atoms with E-state index in [-0.39, 0.29) is 0 Å². The van der Waals surface area contributed by atoms with Crippen molar-refractivity contribution >= 4 is 5.97 Å². The van der Waals surface area contributed by atoms with E-state index in [2.05, 4.69) is 0 Å². The molecule has 0 fully saturated rings. The average Bonchev–Trinajstić information content (AvgIpc) is 2.63. The van der Waals surface area contributed by atoms with Crippen molar-refractivity contribution < 1.29 is 111 Å². The third-order valence-electron chi connectivity index (χ3n) is 4.24. The third-order valence-corrected chi connectivity index (χ3v) is 4.24. The molecule has 0 aromatic heterocycles. The monoisotopic (exact) mass is 614 g/mol. The molecule has 0 aliphatic heterocycles. The Hall–Kier alpha value is -2.14. The summed E-state index contributed by atoms with van der Waals surface area (Å²) in [6.07, 6.45) is -17.1. The van der Waals surface area contributed by atoms with Gasteiger partial charge in [-0.15, -0.1) is 0 Å². The van der Waals surface area contributed by atoms with Gasteiger partial charge in [0.05, 0.1) is 0 Å². The molecule has 0 rings (SSSR count). The molecule has 0 spiro atoms. The normalized spacial score (nSPS) is 16.7. The van der Waals surface area contributed by atoms with Crippen LogP contribution < -0.4 is 0 Å². The zero-order chi connectivity index (χ0) is 31.1. The molecule has 1 N–H and O–H groups in total. The van der Waals surface area contributed by atoms with Crippen molar-refractivity contribution in [3.63, 3.8) is 0 Å². The van der Waals surface area contributed by atoms with Crippen molar-refractivity contribution in [2.75, 3.05) is 0 Å². The van der Waals surface area contributed by atoms with Crippen LogP contribution in [0, 0.1) is 0 Å². The predicted molar refractivity (Wildman–Crippen MR) is 63.2 cm³/mol. The molecule has 0 aromatic rings. The Bertz CT molecular complexity index is 861. The summed E-state index contributed by atoms with van der Waals surface area (Å²) in [5.74, 6) is -77.4. The maximum atomic E-state index is 13.4. The molecule has 37 heavy (non-hydrogen) atoms. The highest BCUT2D eigenvalue weighted by Gasteiger charge is 3.00. The van der Waals surface area contributed by atoms with Crippen LogP contribution in [0.15, 0.2) is 0 Å². The van der Waals surface area contributed by atoms with Crippen molar-refractivity contribution in [3.8, 4) is 0 Å². The van der Waals surface area contributed by atoms with Gasteiger partial charge in [-0.1, -0.05) is 0 Å². The SMILES string of the molecule is O=C(O)C(F)(F)C(F)(F)C(F)(F)C(F)(F)C(F)(F)C(F)(F)C(F)(F)C(F)(F)C(F)(C(F)(F)F)C(F)(F)F. The van der Waals surface area contributed by atoms with E-state index in [1.165, 1.54) is 0 Å². The van der Waals surface area contributed by atoms with Crippen LogP contribution in [0.1, 0.15) is 0 Å². The van der Waals surface area contributed by atoms with Crippen LogP contribution in [-0.4, -0.2) is 76.5 Å². The molecule has 0 atom stereocenters. The fourth-order valence-electron chi connectivity index (χ4n) is 2.05. The summed E-state index contributed by atoms with van der Waals surface area (Å²) in [5, 5.41) is 7.63. The minimum Gasteiger partial charge on any atom is -0.477 e. The molecule has 0 heterocycles. The Morgan fingerprint density at radius 3 is 0.730 bits per heavy atom. The lowest BCUT2D eigenvalue weighted by Gasteiger charge is -2.45. The summed E-state index contributed by atoms with van der Waals surface area (Å²) in [4.78, 5) is 9.86. The number of hydrogen-bond acceptors (Lipinski definition) is 1. The van der Waals surface area contributed by atoms with Crippen molar-refractivity contribution in [2.24, 2.45) is 0 Å². The standard InChI is InChI=1S/C12HF23O2/c13-2(14,1(36)37)4(16,17)6(20,21)8(24,25)10(28,29)9(26,27)7(22,23)5(18,19)3(15,11(30,31)32)12(33,34)35/h(H,36,37). The Balaban J connectivity index is 7.41. The van der Waals surface area contributed by atoms with Crippen LogP contribution >= 0.6 is 0 Å². The zero-order valence-corrected chi connectivity index (χ0v) is 15.5. The van der Waals surface area contributed by atoms with Crippen molar-refractivity contribution in [1.29, 1.82) is 0 Å². The van der Waals surface area contributed by atoms with Gasteiger partial charge in [-0.05, 0) is 0 Å². The fourth-order valence-corrected chi connectivity index (χ4v) is 2.05. The molecule has 0 aliphatic rings. The summed E-state index contributed by atoms with van der Waals surface area (Å²) in [7, 11) is 0. The molecule has 222 valence electrons. The summed E-state index contributed by atoms with van der Waals surface area (Å²) in [6.45, 7) is 0. The molecule has 0 saturated carbocycles. The Kier molecular flexibility index (Phi) is 7.71. The number of aliphatic carboxylic acids is 1. The smallest absolute Gasteiger partial charge is 0.438 e. The Morgan fingerprint density at radius 1 is 0.351 bits per heavy atom. The summed E-state index contributed by atoms with van der Waals surface area (Å²) in [6, 6.07) is 0. The van der Waals surface area contributed by atoms with E-state index in [0.717, 1.165) is 0 Å². The van der Waals surface area contributed by atoms with Crippen LogP contribution in [0.25, 0.3) is 0 Å². The van der Waals surface area contributed by atoms with Gasteiger partial charge in [0.25, 0.3) is 0 Å². The highest BCUT2D eigenvalue weighted by molar-refractivity contribution is 5.77. The second-order valence-corrected chi connectivity index (χ2v) is 6.55. The number of hydrogen-bond donors (Lipinski definition) is 1.